The lowest BCUT2D eigenvalue weighted by molar-refractivity contribution is -0.132. The summed E-state index contributed by atoms with van der Waals surface area (Å²) in [5.74, 6) is -3.08. The van der Waals surface area contributed by atoms with Gasteiger partial charge in [0.1, 0.15) is 17.4 Å². The van der Waals surface area contributed by atoms with Crippen molar-refractivity contribution in [2.75, 3.05) is 25.5 Å². The maximum Gasteiger partial charge on any atom is 0.254 e. The Kier molecular flexibility index (Phi) is 5.99. The Labute approximate surface area is 147 Å². The summed E-state index contributed by atoms with van der Waals surface area (Å²) in [7, 11) is 1.36. The smallest absolute Gasteiger partial charge is 0.254 e. The van der Waals surface area contributed by atoms with E-state index < -0.39 is 35.9 Å². The monoisotopic (exact) mass is 366 g/mol. The number of carbonyl (C=O) groups is 3. The van der Waals surface area contributed by atoms with E-state index in [-0.39, 0.29) is 17.9 Å². The molecule has 0 aliphatic rings. The van der Waals surface area contributed by atoms with Crippen LogP contribution in [0.2, 0.25) is 0 Å². The van der Waals surface area contributed by atoms with Crippen LogP contribution in [0.4, 0.5) is 14.6 Å². The number of nitrogens with zero attached hydrogens (tertiary/aromatic N) is 2. The molecular formula is C16H16F2N4O4. The highest BCUT2D eigenvalue weighted by molar-refractivity contribution is 5.97. The molecule has 0 fully saturated rings. The van der Waals surface area contributed by atoms with Crippen LogP contribution in [0.5, 0.6) is 0 Å². The van der Waals surface area contributed by atoms with E-state index >= 15 is 0 Å². The molecule has 138 valence electrons. The van der Waals surface area contributed by atoms with Crippen molar-refractivity contribution in [3.63, 3.8) is 0 Å². The molecule has 2 N–H and O–H groups in total. The van der Waals surface area contributed by atoms with Gasteiger partial charge in [-0.2, -0.15) is 0 Å². The number of benzene rings is 1. The number of halogens is 2. The van der Waals surface area contributed by atoms with Gasteiger partial charge in [0.25, 0.3) is 5.91 Å². The van der Waals surface area contributed by atoms with Crippen molar-refractivity contribution < 1.29 is 27.7 Å². The normalized spacial score (nSPS) is 10.3. The quantitative estimate of drug-likeness (QED) is 0.796. The molecule has 1 aromatic carbocycles. The van der Waals surface area contributed by atoms with Gasteiger partial charge in [0.05, 0.1) is 18.7 Å². The average Bonchev–Trinajstić information content (AvgIpc) is 2.96. The van der Waals surface area contributed by atoms with Gasteiger partial charge in [-0.25, -0.2) is 8.78 Å². The number of anilines is 1. The Morgan fingerprint density at radius 1 is 1.23 bits per heavy atom. The van der Waals surface area contributed by atoms with Gasteiger partial charge < -0.3 is 20.1 Å². The zero-order chi connectivity index (χ0) is 19.3. The van der Waals surface area contributed by atoms with Gasteiger partial charge in [-0.15, -0.1) is 0 Å². The molecule has 3 amide bonds. The van der Waals surface area contributed by atoms with Crippen molar-refractivity contribution in [2.24, 2.45) is 0 Å². The number of carbonyl (C=O) groups excluding carboxylic acids is 3. The van der Waals surface area contributed by atoms with Gasteiger partial charge in [-0.05, 0) is 19.1 Å². The first kappa shape index (κ1) is 19.0. The fourth-order valence-electron chi connectivity index (χ4n) is 1.97. The molecule has 0 aliphatic heterocycles. The predicted molar refractivity (Wildman–Crippen MR) is 86.2 cm³/mol. The molecule has 10 heteroatoms. The summed E-state index contributed by atoms with van der Waals surface area (Å²) in [4.78, 5) is 36.7. The van der Waals surface area contributed by atoms with E-state index in [0.29, 0.717) is 11.8 Å². The van der Waals surface area contributed by atoms with Gasteiger partial charge >= 0.3 is 0 Å². The van der Waals surface area contributed by atoms with Crippen LogP contribution in [0.1, 0.15) is 16.1 Å². The minimum atomic E-state index is -1.04. The molecule has 1 heterocycles. The molecule has 2 aromatic rings. The highest BCUT2D eigenvalue weighted by atomic mass is 19.1. The number of hydrogen-bond acceptors (Lipinski definition) is 5. The maximum absolute atomic E-state index is 13.5. The first-order chi connectivity index (χ1) is 12.3. The Morgan fingerprint density at radius 2 is 1.96 bits per heavy atom. The lowest BCUT2D eigenvalue weighted by Crippen LogP contribution is -2.41. The zero-order valence-electron chi connectivity index (χ0n) is 14.0. The van der Waals surface area contributed by atoms with E-state index in [0.717, 1.165) is 17.0 Å². The highest BCUT2D eigenvalue weighted by Crippen LogP contribution is 2.09. The van der Waals surface area contributed by atoms with Crippen LogP contribution in [0.3, 0.4) is 0 Å². The second-order valence-corrected chi connectivity index (χ2v) is 5.43. The van der Waals surface area contributed by atoms with Crippen LogP contribution in [0, 0.1) is 18.6 Å². The highest BCUT2D eigenvalue weighted by Gasteiger charge is 2.17. The van der Waals surface area contributed by atoms with Crippen LogP contribution < -0.4 is 10.6 Å². The second-order valence-electron chi connectivity index (χ2n) is 5.43. The van der Waals surface area contributed by atoms with Crippen LogP contribution in [0.25, 0.3) is 0 Å². The summed E-state index contributed by atoms with van der Waals surface area (Å²) in [5, 5.41) is 8.24. The van der Waals surface area contributed by atoms with Gasteiger partial charge in [0.2, 0.25) is 11.8 Å². The van der Waals surface area contributed by atoms with E-state index in [4.69, 9.17) is 4.52 Å². The topological polar surface area (TPSA) is 105 Å². The number of aromatic nitrogens is 1. The van der Waals surface area contributed by atoms with Gasteiger partial charge in [-0.3, -0.25) is 14.4 Å². The number of rotatable bonds is 6. The average molecular weight is 366 g/mol. The third-order valence-electron chi connectivity index (χ3n) is 3.28. The van der Waals surface area contributed by atoms with E-state index in [1.807, 2.05) is 0 Å². The Morgan fingerprint density at radius 3 is 2.58 bits per heavy atom. The lowest BCUT2D eigenvalue weighted by Gasteiger charge is -2.16. The van der Waals surface area contributed by atoms with Crippen molar-refractivity contribution in [3.8, 4) is 0 Å². The van der Waals surface area contributed by atoms with E-state index in [1.165, 1.54) is 13.1 Å². The molecule has 0 bridgehead atoms. The van der Waals surface area contributed by atoms with E-state index in [2.05, 4.69) is 15.8 Å². The van der Waals surface area contributed by atoms with Gasteiger partial charge in [0.15, 0.2) is 5.82 Å². The molecule has 0 atom stereocenters. The van der Waals surface area contributed by atoms with Crippen molar-refractivity contribution in [2.45, 2.75) is 6.92 Å². The Hall–Kier alpha value is -3.30. The van der Waals surface area contributed by atoms with Crippen LogP contribution in [-0.2, 0) is 9.59 Å². The van der Waals surface area contributed by atoms with Crippen LogP contribution in [-0.4, -0.2) is 47.9 Å². The van der Waals surface area contributed by atoms with Crippen molar-refractivity contribution in [1.82, 2.24) is 15.4 Å². The number of likely N-dealkylation sites (N-methyl/N-ethyl adjacent to an activating group) is 1. The zero-order valence-corrected chi connectivity index (χ0v) is 14.0. The number of nitrogens with one attached hydrogen (secondary N) is 2. The molecule has 0 saturated heterocycles. The Balaban J connectivity index is 1.82. The van der Waals surface area contributed by atoms with Gasteiger partial charge in [0, 0.05) is 19.2 Å². The van der Waals surface area contributed by atoms with E-state index in [9.17, 15) is 23.2 Å². The van der Waals surface area contributed by atoms with Crippen molar-refractivity contribution in [3.05, 3.63) is 47.2 Å². The first-order valence-electron chi connectivity index (χ1n) is 7.46. The fraction of sp³-hybridized carbons (Fsp3) is 0.250. The summed E-state index contributed by atoms with van der Waals surface area (Å²) < 4.78 is 31.1. The molecule has 8 nitrogen and oxygen atoms in total. The number of hydrogen-bond donors (Lipinski definition) is 2. The fourth-order valence-corrected chi connectivity index (χ4v) is 1.97. The molecule has 0 spiro atoms. The largest absolute Gasteiger partial charge is 0.360 e. The summed E-state index contributed by atoms with van der Waals surface area (Å²) in [5.41, 5.74) is -0.388. The lowest BCUT2D eigenvalue weighted by atomic mass is 10.2. The number of aryl methyl sites for hydroxylation is 1. The van der Waals surface area contributed by atoms with Crippen LogP contribution in [0.15, 0.2) is 28.8 Å². The Bertz CT molecular complexity index is 837. The van der Waals surface area contributed by atoms with E-state index in [1.54, 1.807) is 6.92 Å². The summed E-state index contributed by atoms with van der Waals surface area (Å²) in [6, 6.07) is 3.99. The third kappa shape index (κ3) is 5.10. The molecule has 0 radical (unpaired) electrons. The molecule has 0 unspecified atom stereocenters. The molecule has 26 heavy (non-hydrogen) atoms. The standard InChI is InChI=1S/C16H16F2N4O4/c1-9-5-13(21-26-9)20-14(23)8-22(2)15(24)7-19-16(25)11-4-3-10(17)6-12(11)18/h3-6H,7-8H2,1-2H3,(H,19,25)(H,20,21,23). The first-order valence-corrected chi connectivity index (χ1v) is 7.46. The molecule has 1 aromatic heterocycles. The van der Waals surface area contributed by atoms with Crippen molar-refractivity contribution in [1.29, 1.82) is 0 Å². The van der Waals surface area contributed by atoms with Gasteiger partial charge in [-0.1, -0.05) is 5.16 Å². The SMILES string of the molecule is Cc1cc(NC(=O)CN(C)C(=O)CNC(=O)c2ccc(F)cc2F)no1. The minimum Gasteiger partial charge on any atom is -0.360 e. The summed E-state index contributed by atoms with van der Waals surface area (Å²) >= 11 is 0. The predicted octanol–water partition coefficient (Wildman–Crippen LogP) is 1.09. The molecule has 0 saturated carbocycles. The molecule has 2 rings (SSSR count). The second kappa shape index (κ2) is 8.19. The third-order valence-corrected chi connectivity index (χ3v) is 3.28. The summed E-state index contributed by atoms with van der Waals surface area (Å²) in [6.07, 6.45) is 0. The molecular weight excluding hydrogens is 350 g/mol. The maximum atomic E-state index is 13.5. The minimum absolute atomic E-state index is 0.216. The molecule has 0 aliphatic carbocycles. The van der Waals surface area contributed by atoms with Crippen LogP contribution >= 0.6 is 0 Å². The number of amides is 3. The van der Waals surface area contributed by atoms with Crippen molar-refractivity contribution >= 4 is 23.5 Å². The summed E-state index contributed by atoms with van der Waals surface area (Å²) in [6.45, 7) is 0.916.